The molecule has 0 bridgehead atoms. The number of hydrogen-bond donors (Lipinski definition) is 0. The second kappa shape index (κ2) is 6.89. The molecule has 0 saturated heterocycles. The SMILES string of the molecule is CC(C)CO[SiH](Cl)OCC(C)C.[H+]. The maximum absolute atomic E-state index is 5.86. The molecule has 0 aliphatic carbocycles. The van der Waals surface area contributed by atoms with Gasteiger partial charge in [0.15, 0.2) is 0 Å². The van der Waals surface area contributed by atoms with E-state index in [9.17, 15) is 0 Å². The van der Waals surface area contributed by atoms with Gasteiger partial charge in [-0.2, -0.15) is 0 Å². The lowest BCUT2D eigenvalue weighted by Crippen LogP contribution is -2.21. The predicted molar refractivity (Wildman–Crippen MR) is 55.7 cm³/mol. The van der Waals surface area contributed by atoms with E-state index in [4.69, 9.17) is 19.9 Å². The number of hydrogen-bond acceptors (Lipinski definition) is 2. The van der Waals surface area contributed by atoms with Gasteiger partial charge in [0.1, 0.15) is 0 Å². The van der Waals surface area contributed by atoms with Gasteiger partial charge in [-0.25, -0.2) is 0 Å². The van der Waals surface area contributed by atoms with E-state index in [2.05, 4.69) is 27.7 Å². The van der Waals surface area contributed by atoms with Gasteiger partial charge in [0, 0.05) is 13.2 Å². The summed E-state index contributed by atoms with van der Waals surface area (Å²) in [6, 6.07) is 0. The first kappa shape index (κ1) is 12.4. The Morgan fingerprint density at radius 1 is 1.08 bits per heavy atom. The fraction of sp³-hybridized carbons (Fsp3) is 1.00. The zero-order valence-electron chi connectivity index (χ0n) is 9.34. The molecule has 74 valence electrons. The van der Waals surface area contributed by atoms with Crippen LogP contribution in [0.2, 0.25) is 0 Å². The molecule has 0 unspecified atom stereocenters. The topological polar surface area (TPSA) is 18.5 Å². The second-order valence-electron chi connectivity index (χ2n) is 3.73. The van der Waals surface area contributed by atoms with E-state index in [1.165, 1.54) is 0 Å². The van der Waals surface area contributed by atoms with Crippen LogP contribution in [0.25, 0.3) is 0 Å². The fourth-order valence-electron chi connectivity index (χ4n) is 0.584. The average molecular weight is 212 g/mol. The van der Waals surface area contributed by atoms with Crippen molar-refractivity contribution in [1.29, 1.82) is 0 Å². The molecule has 0 aromatic carbocycles. The molecule has 12 heavy (non-hydrogen) atoms. The van der Waals surface area contributed by atoms with Crippen molar-refractivity contribution >= 4 is 19.7 Å². The molecule has 0 atom stereocenters. The molecule has 0 heterocycles. The molecule has 0 spiro atoms. The molecule has 0 rings (SSSR count). The van der Waals surface area contributed by atoms with E-state index >= 15 is 0 Å². The summed E-state index contributed by atoms with van der Waals surface area (Å²) < 4.78 is 10.7. The smallest absolute Gasteiger partial charge is 0.385 e. The van der Waals surface area contributed by atoms with Crippen LogP contribution in [0.15, 0.2) is 0 Å². The van der Waals surface area contributed by atoms with Crippen molar-refractivity contribution in [3.05, 3.63) is 0 Å². The number of rotatable bonds is 6. The predicted octanol–water partition coefficient (Wildman–Crippen LogP) is 2.40. The summed E-state index contributed by atoms with van der Waals surface area (Å²) in [5.41, 5.74) is 0. The lowest BCUT2D eigenvalue weighted by Gasteiger charge is -2.13. The van der Waals surface area contributed by atoms with Gasteiger partial charge in [0.05, 0.1) is 0 Å². The minimum absolute atomic E-state index is 0. The summed E-state index contributed by atoms with van der Waals surface area (Å²) in [4.78, 5) is 0. The first-order valence-corrected chi connectivity index (χ1v) is 7.08. The Morgan fingerprint density at radius 2 is 1.42 bits per heavy atom. The minimum atomic E-state index is -1.84. The molecule has 0 N–H and O–H groups in total. The van der Waals surface area contributed by atoms with Crippen LogP contribution in [0.1, 0.15) is 29.1 Å². The van der Waals surface area contributed by atoms with Gasteiger partial charge in [0.25, 0.3) is 0 Å². The molecule has 2 nitrogen and oxygen atoms in total. The van der Waals surface area contributed by atoms with Crippen molar-refractivity contribution in [3.8, 4) is 0 Å². The van der Waals surface area contributed by atoms with Crippen LogP contribution in [0.5, 0.6) is 0 Å². The van der Waals surface area contributed by atoms with E-state index in [0.717, 1.165) is 0 Å². The lowest BCUT2D eigenvalue weighted by atomic mass is 10.2. The highest BCUT2D eigenvalue weighted by atomic mass is 35.6. The quantitative estimate of drug-likeness (QED) is 0.496. The Kier molecular flexibility index (Phi) is 7.14. The van der Waals surface area contributed by atoms with Crippen LogP contribution in [-0.2, 0) is 8.85 Å². The average Bonchev–Trinajstić information content (AvgIpc) is 1.96. The van der Waals surface area contributed by atoms with E-state index < -0.39 is 8.59 Å². The molecular weight excluding hydrogens is 192 g/mol. The maximum Gasteiger partial charge on any atom is 1.00 e. The highest BCUT2D eigenvalue weighted by molar-refractivity contribution is 6.99. The van der Waals surface area contributed by atoms with Crippen molar-refractivity contribution in [2.24, 2.45) is 11.8 Å². The van der Waals surface area contributed by atoms with Crippen molar-refractivity contribution in [2.75, 3.05) is 13.2 Å². The highest BCUT2D eigenvalue weighted by Gasteiger charge is 2.10. The third-order valence-electron chi connectivity index (χ3n) is 1.12. The van der Waals surface area contributed by atoms with Crippen molar-refractivity contribution < 1.29 is 10.3 Å². The third-order valence-corrected chi connectivity index (χ3v) is 2.79. The minimum Gasteiger partial charge on any atom is -0.385 e. The van der Waals surface area contributed by atoms with Crippen molar-refractivity contribution in [3.63, 3.8) is 0 Å². The van der Waals surface area contributed by atoms with Crippen molar-refractivity contribution in [1.82, 2.24) is 0 Å². The summed E-state index contributed by atoms with van der Waals surface area (Å²) >= 11 is 5.86. The molecular formula is C8H20ClO2Si+. The van der Waals surface area contributed by atoms with E-state index in [1.807, 2.05) is 0 Å². The van der Waals surface area contributed by atoms with E-state index in [0.29, 0.717) is 25.0 Å². The van der Waals surface area contributed by atoms with Crippen LogP contribution >= 0.6 is 11.1 Å². The molecule has 0 aliphatic heterocycles. The van der Waals surface area contributed by atoms with Gasteiger partial charge in [0.2, 0.25) is 0 Å². The molecule has 0 aliphatic rings. The highest BCUT2D eigenvalue weighted by Crippen LogP contribution is 2.02. The van der Waals surface area contributed by atoms with Gasteiger partial charge in [-0.15, -0.1) is 11.1 Å². The summed E-state index contributed by atoms with van der Waals surface area (Å²) in [6.07, 6.45) is 0. The lowest BCUT2D eigenvalue weighted by molar-refractivity contribution is 0.178. The second-order valence-corrected chi connectivity index (χ2v) is 6.01. The first-order valence-electron chi connectivity index (χ1n) is 4.39. The standard InChI is InChI=1S/C8H19ClO2Si/c1-7(2)5-10-12(9)11-6-8(3)4/h7-8,12H,5-6H2,1-4H3/p+1. The fourth-order valence-corrected chi connectivity index (χ4v) is 2.19. The summed E-state index contributed by atoms with van der Waals surface area (Å²) in [7, 11) is -1.84. The monoisotopic (exact) mass is 211 g/mol. The van der Waals surface area contributed by atoms with Crippen LogP contribution < -0.4 is 0 Å². The Balaban J connectivity index is 0. The Morgan fingerprint density at radius 3 is 1.67 bits per heavy atom. The Labute approximate surface area is 83.2 Å². The van der Waals surface area contributed by atoms with Gasteiger partial charge in [-0.3, -0.25) is 0 Å². The maximum atomic E-state index is 5.86. The number of halogens is 1. The summed E-state index contributed by atoms with van der Waals surface area (Å²) in [5.74, 6) is 1.06. The van der Waals surface area contributed by atoms with Crippen molar-refractivity contribution in [2.45, 2.75) is 27.7 Å². The summed E-state index contributed by atoms with van der Waals surface area (Å²) in [6.45, 7) is 9.80. The Hall–Kier alpha value is 0.427. The Bertz CT molecular complexity index is 102. The summed E-state index contributed by atoms with van der Waals surface area (Å²) in [5, 5.41) is 0. The van der Waals surface area contributed by atoms with Gasteiger partial charge in [-0.05, 0) is 11.8 Å². The van der Waals surface area contributed by atoms with Gasteiger partial charge >= 0.3 is 10.0 Å². The zero-order valence-corrected chi connectivity index (χ0v) is 10.3. The molecule has 0 aromatic heterocycles. The van der Waals surface area contributed by atoms with Gasteiger partial charge < -0.3 is 8.85 Å². The molecule has 4 heteroatoms. The normalized spacial score (nSPS) is 12.0. The van der Waals surface area contributed by atoms with Crippen LogP contribution in [0.3, 0.4) is 0 Å². The molecule has 0 fully saturated rings. The molecule has 0 aromatic rings. The van der Waals surface area contributed by atoms with Crippen LogP contribution in [0.4, 0.5) is 0 Å². The zero-order chi connectivity index (χ0) is 9.56. The van der Waals surface area contributed by atoms with Gasteiger partial charge in [-0.1, -0.05) is 27.7 Å². The van der Waals surface area contributed by atoms with Crippen LogP contribution in [-0.4, -0.2) is 21.8 Å². The molecule has 0 amide bonds. The third kappa shape index (κ3) is 8.52. The molecule has 0 radical (unpaired) electrons. The largest absolute Gasteiger partial charge is 1.00 e. The van der Waals surface area contributed by atoms with E-state index in [-0.39, 0.29) is 1.43 Å². The first-order chi connectivity index (χ1) is 5.52. The van der Waals surface area contributed by atoms with E-state index in [1.54, 1.807) is 0 Å². The molecule has 0 saturated carbocycles. The van der Waals surface area contributed by atoms with Crippen LogP contribution in [0, 0.1) is 11.8 Å².